The molecule has 2 heterocycles. The van der Waals surface area contributed by atoms with Crippen LogP contribution in [0.15, 0.2) is 10.6 Å². The topological polar surface area (TPSA) is 89.7 Å². The molecule has 7 nitrogen and oxygen atoms in total. The summed E-state index contributed by atoms with van der Waals surface area (Å²) in [7, 11) is 0. The molecule has 2 rings (SSSR count). The fourth-order valence-electron chi connectivity index (χ4n) is 1.45. The summed E-state index contributed by atoms with van der Waals surface area (Å²) in [5.74, 6) is -1.32. The van der Waals surface area contributed by atoms with Crippen LogP contribution < -0.4 is 4.90 Å². The van der Waals surface area contributed by atoms with Crippen LogP contribution in [0.2, 0.25) is 0 Å². The molecule has 0 aliphatic carbocycles. The molecule has 1 aliphatic heterocycles. The average Bonchev–Trinajstić information content (AvgIpc) is 2.85. The number of ether oxygens (including phenoxy) is 1. The van der Waals surface area contributed by atoms with Crippen LogP contribution in [0.25, 0.3) is 0 Å². The van der Waals surface area contributed by atoms with Gasteiger partial charge in [-0.25, -0.2) is 9.78 Å². The Kier molecular flexibility index (Phi) is 2.90. The zero-order valence-electron chi connectivity index (χ0n) is 9.13. The molecule has 0 aromatic carbocycles. The summed E-state index contributed by atoms with van der Waals surface area (Å²) in [6, 6.07) is -0.0519. The normalized spacial score (nSPS) is 15.5. The monoisotopic (exact) mass is 238 g/mol. The number of esters is 1. The van der Waals surface area contributed by atoms with E-state index in [9.17, 15) is 14.4 Å². The van der Waals surface area contributed by atoms with Gasteiger partial charge in [0.15, 0.2) is 5.78 Å². The second kappa shape index (κ2) is 4.36. The van der Waals surface area contributed by atoms with Crippen LogP contribution >= 0.6 is 0 Å². The number of aromatic nitrogens is 1. The maximum absolute atomic E-state index is 11.4. The minimum absolute atomic E-state index is 0.0519. The lowest BCUT2D eigenvalue weighted by Crippen LogP contribution is -2.24. The standard InChI is InChI=1S/C10H10N2O5/c1-2-16-9(15)7-4-11-10(17-7)12-5-6(13)3-8(12)14/h4H,2-3,5H2,1H3. The molecular formula is C10H10N2O5. The maximum atomic E-state index is 11.4. The van der Waals surface area contributed by atoms with Crippen molar-refractivity contribution in [2.45, 2.75) is 13.3 Å². The van der Waals surface area contributed by atoms with Crippen LogP contribution in [0, 0.1) is 0 Å². The minimum atomic E-state index is -0.649. The van der Waals surface area contributed by atoms with E-state index < -0.39 is 5.97 Å². The number of ketones is 1. The number of rotatable bonds is 3. The van der Waals surface area contributed by atoms with Gasteiger partial charge in [0.25, 0.3) is 0 Å². The minimum Gasteiger partial charge on any atom is -0.460 e. The molecule has 1 fully saturated rings. The molecule has 17 heavy (non-hydrogen) atoms. The molecule has 1 aromatic rings. The van der Waals surface area contributed by atoms with Gasteiger partial charge in [-0.15, -0.1) is 0 Å². The second-order valence-electron chi connectivity index (χ2n) is 3.42. The van der Waals surface area contributed by atoms with Crippen molar-refractivity contribution >= 4 is 23.7 Å². The van der Waals surface area contributed by atoms with Crippen molar-refractivity contribution in [3.63, 3.8) is 0 Å². The van der Waals surface area contributed by atoms with Crippen molar-refractivity contribution in [1.82, 2.24) is 4.98 Å². The summed E-state index contributed by atoms with van der Waals surface area (Å²) in [5.41, 5.74) is 0. The van der Waals surface area contributed by atoms with E-state index >= 15 is 0 Å². The van der Waals surface area contributed by atoms with Crippen LogP contribution in [-0.2, 0) is 14.3 Å². The predicted octanol–water partition coefficient (Wildman–Crippen LogP) is 0.157. The van der Waals surface area contributed by atoms with Gasteiger partial charge in [-0.05, 0) is 6.92 Å². The summed E-state index contributed by atoms with van der Waals surface area (Å²) in [6.45, 7) is 1.81. The fourth-order valence-corrected chi connectivity index (χ4v) is 1.45. The molecule has 0 N–H and O–H groups in total. The summed E-state index contributed by atoms with van der Waals surface area (Å²) in [6.07, 6.45) is 1.01. The first-order valence-electron chi connectivity index (χ1n) is 5.07. The molecule has 1 aliphatic rings. The first kappa shape index (κ1) is 11.3. The lowest BCUT2D eigenvalue weighted by Gasteiger charge is -2.07. The van der Waals surface area contributed by atoms with E-state index in [0.29, 0.717) is 0 Å². The average molecular weight is 238 g/mol. The first-order valence-corrected chi connectivity index (χ1v) is 5.07. The number of nitrogens with zero attached hydrogens (tertiary/aromatic N) is 2. The lowest BCUT2D eigenvalue weighted by atomic mass is 10.3. The molecule has 0 saturated carbocycles. The highest BCUT2D eigenvalue weighted by Gasteiger charge is 2.32. The van der Waals surface area contributed by atoms with Crippen LogP contribution in [0.4, 0.5) is 6.01 Å². The SMILES string of the molecule is CCOC(=O)c1cnc(N2CC(=O)CC2=O)o1. The zero-order chi connectivity index (χ0) is 12.4. The largest absolute Gasteiger partial charge is 0.460 e. The molecule has 0 atom stereocenters. The van der Waals surface area contributed by atoms with Gasteiger partial charge in [-0.1, -0.05) is 0 Å². The van der Waals surface area contributed by atoms with E-state index in [1.165, 1.54) is 6.20 Å². The van der Waals surface area contributed by atoms with Gasteiger partial charge in [0.05, 0.1) is 25.8 Å². The molecule has 1 aromatic heterocycles. The summed E-state index contributed by atoms with van der Waals surface area (Å²) in [4.78, 5) is 38.6. The molecule has 0 unspecified atom stereocenters. The molecule has 0 spiro atoms. The number of hydrogen-bond acceptors (Lipinski definition) is 6. The van der Waals surface area contributed by atoms with E-state index in [2.05, 4.69) is 4.98 Å². The smallest absolute Gasteiger partial charge is 0.376 e. The van der Waals surface area contributed by atoms with Crippen molar-refractivity contribution in [2.24, 2.45) is 0 Å². The molecule has 0 radical (unpaired) electrons. The Hall–Kier alpha value is -2.18. The Morgan fingerprint density at radius 3 is 2.94 bits per heavy atom. The number of carbonyl (C=O) groups is 3. The number of hydrogen-bond donors (Lipinski definition) is 0. The third-order valence-electron chi connectivity index (χ3n) is 2.18. The van der Waals surface area contributed by atoms with E-state index in [0.717, 1.165) is 4.90 Å². The van der Waals surface area contributed by atoms with Gasteiger partial charge in [0.2, 0.25) is 11.7 Å². The highest BCUT2D eigenvalue weighted by Crippen LogP contribution is 2.19. The Morgan fingerprint density at radius 1 is 1.59 bits per heavy atom. The van der Waals surface area contributed by atoms with Gasteiger partial charge >= 0.3 is 12.0 Å². The quantitative estimate of drug-likeness (QED) is 0.550. The van der Waals surface area contributed by atoms with Crippen LogP contribution in [0.5, 0.6) is 0 Å². The maximum Gasteiger partial charge on any atom is 0.376 e. The summed E-state index contributed by atoms with van der Waals surface area (Å²) >= 11 is 0. The van der Waals surface area contributed by atoms with E-state index in [4.69, 9.17) is 9.15 Å². The van der Waals surface area contributed by atoms with Crippen molar-refractivity contribution in [3.05, 3.63) is 12.0 Å². The van der Waals surface area contributed by atoms with Crippen molar-refractivity contribution in [3.8, 4) is 0 Å². The van der Waals surface area contributed by atoms with Crippen molar-refractivity contribution < 1.29 is 23.5 Å². The Morgan fingerprint density at radius 2 is 2.35 bits per heavy atom. The van der Waals surface area contributed by atoms with Gasteiger partial charge in [-0.3, -0.25) is 14.5 Å². The Labute approximate surface area is 96.4 Å². The van der Waals surface area contributed by atoms with Crippen molar-refractivity contribution in [1.29, 1.82) is 0 Å². The summed E-state index contributed by atoms with van der Waals surface area (Å²) in [5, 5.41) is 0. The van der Waals surface area contributed by atoms with Crippen LogP contribution in [0.1, 0.15) is 23.9 Å². The predicted molar refractivity (Wildman–Crippen MR) is 54.4 cm³/mol. The van der Waals surface area contributed by atoms with Crippen LogP contribution in [0.3, 0.4) is 0 Å². The van der Waals surface area contributed by atoms with E-state index in [-0.39, 0.29) is 43.0 Å². The highest BCUT2D eigenvalue weighted by atomic mass is 16.5. The number of Topliss-reactive ketones (excluding diaryl/α,β-unsaturated/α-hetero) is 1. The van der Waals surface area contributed by atoms with Gasteiger partial charge in [0, 0.05) is 0 Å². The van der Waals surface area contributed by atoms with E-state index in [1.807, 2.05) is 0 Å². The molecule has 1 saturated heterocycles. The first-order chi connectivity index (χ1) is 8.11. The number of carbonyl (C=O) groups excluding carboxylic acids is 3. The molecule has 90 valence electrons. The molecule has 1 amide bonds. The third-order valence-corrected chi connectivity index (χ3v) is 2.18. The number of amides is 1. The van der Waals surface area contributed by atoms with Gasteiger partial charge in [0.1, 0.15) is 0 Å². The van der Waals surface area contributed by atoms with Crippen molar-refractivity contribution in [2.75, 3.05) is 18.1 Å². The summed E-state index contributed by atoms with van der Waals surface area (Å²) < 4.78 is 9.78. The second-order valence-corrected chi connectivity index (χ2v) is 3.42. The van der Waals surface area contributed by atoms with Crippen LogP contribution in [-0.4, -0.2) is 35.8 Å². The molecule has 7 heteroatoms. The lowest BCUT2D eigenvalue weighted by molar-refractivity contribution is -0.121. The number of oxazole rings is 1. The van der Waals surface area contributed by atoms with E-state index in [1.54, 1.807) is 6.92 Å². The zero-order valence-corrected chi connectivity index (χ0v) is 9.13. The number of anilines is 1. The molecule has 0 bridgehead atoms. The Balaban J connectivity index is 2.16. The molecular weight excluding hydrogens is 228 g/mol. The highest BCUT2D eigenvalue weighted by molar-refractivity contribution is 6.14. The van der Waals surface area contributed by atoms with Gasteiger partial charge in [-0.2, -0.15) is 0 Å². The third kappa shape index (κ3) is 2.17. The van der Waals surface area contributed by atoms with Gasteiger partial charge < -0.3 is 9.15 Å². The fraction of sp³-hybridized carbons (Fsp3) is 0.400. The Bertz CT molecular complexity index is 479.